The number of carbonyl (C=O) groups excluding carboxylic acids is 1. The van der Waals surface area contributed by atoms with Crippen LogP contribution in [0.2, 0.25) is 0 Å². The van der Waals surface area contributed by atoms with Gasteiger partial charge in [0.1, 0.15) is 0 Å². The molecule has 3 N–H and O–H groups in total. The van der Waals surface area contributed by atoms with Gasteiger partial charge in [0.2, 0.25) is 5.91 Å². The van der Waals surface area contributed by atoms with Gasteiger partial charge in [-0.1, -0.05) is 19.8 Å². The van der Waals surface area contributed by atoms with Crippen LogP contribution >= 0.6 is 0 Å². The average molecular weight is 224 g/mol. The van der Waals surface area contributed by atoms with Gasteiger partial charge in [-0.05, 0) is 38.6 Å². The van der Waals surface area contributed by atoms with Crippen LogP contribution in [0.25, 0.3) is 0 Å². The number of amides is 1. The summed E-state index contributed by atoms with van der Waals surface area (Å²) >= 11 is 0. The molecular weight excluding hydrogens is 200 g/mol. The summed E-state index contributed by atoms with van der Waals surface area (Å²) in [6.07, 6.45) is 6.74. The fourth-order valence-electron chi connectivity index (χ4n) is 1.63. The second-order valence-electron chi connectivity index (χ2n) is 5.25. The van der Waals surface area contributed by atoms with E-state index in [-0.39, 0.29) is 11.8 Å². The van der Waals surface area contributed by atoms with Crippen molar-refractivity contribution in [1.29, 1.82) is 0 Å². The van der Waals surface area contributed by atoms with Gasteiger partial charge in [0, 0.05) is 6.42 Å². The Kier molecular flexibility index (Phi) is 6.13. The summed E-state index contributed by atoms with van der Waals surface area (Å²) in [6, 6.07) is 0. The Morgan fingerprint density at radius 1 is 1.50 bits per heavy atom. The number of carbonyl (C=O) groups is 1. The Bertz CT molecular complexity index is 264. The highest BCUT2D eigenvalue weighted by molar-refractivity contribution is 5.77. The fraction of sp³-hybridized carbons (Fsp3) is 0.769. The zero-order valence-electron chi connectivity index (χ0n) is 10.8. The number of nitrogens with one attached hydrogen (secondary N) is 1. The molecule has 0 fully saturated rings. The van der Waals surface area contributed by atoms with Crippen LogP contribution < -0.4 is 11.1 Å². The van der Waals surface area contributed by atoms with E-state index < -0.39 is 5.54 Å². The molecule has 0 aliphatic rings. The second kappa shape index (κ2) is 6.55. The van der Waals surface area contributed by atoms with E-state index in [1.807, 2.05) is 13.8 Å². The minimum Gasteiger partial charge on any atom is -0.340 e. The molecule has 1 atom stereocenters. The van der Waals surface area contributed by atoms with Gasteiger partial charge in [0.15, 0.2) is 0 Å². The van der Waals surface area contributed by atoms with Gasteiger partial charge in [0.25, 0.3) is 0 Å². The molecule has 0 spiro atoms. The van der Waals surface area contributed by atoms with Gasteiger partial charge >= 0.3 is 0 Å². The molecule has 0 unspecified atom stereocenters. The highest BCUT2D eigenvalue weighted by Crippen LogP contribution is 2.14. The second-order valence-corrected chi connectivity index (χ2v) is 5.25. The van der Waals surface area contributed by atoms with Gasteiger partial charge in [-0.2, -0.15) is 0 Å². The van der Waals surface area contributed by atoms with Crippen LogP contribution in [-0.2, 0) is 4.79 Å². The summed E-state index contributed by atoms with van der Waals surface area (Å²) in [4.78, 5) is 11.7. The smallest absolute Gasteiger partial charge is 0.221 e. The van der Waals surface area contributed by atoms with Gasteiger partial charge in [-0.25, -0.2) is 0 Å². The highest BCUT2D eigenvalue weighted by Gasteiger charge is 2.20. The first-order valence-corrected chi connectivity index (χ1v) is 5.79. The predicted octanol–water partition coefficient (Wildman–Crippen LogP) is 1.53. The molecule has 0 rings (SSSR count). The molecule has 0 bridgehead atoms. The minimum absolute atomic E-state index is 0.0148. The number of nitrogens with two attached hydrogens (primary N) is 1. The predicted molar refractivity (Wildman–Crippen MR) is 67.7 cm³/mol. The molecule has 0 radical (unpaired) electrons. The molecule has 0 aromatic rings. The largest absolute Gasteiger partial charge is 0.340 e. The Hall–Kier alpha value is -1.01. The fourth-order valence-corrected chi connectivity index (χ4v) is 1.63. The van der Waals surface area contributed by atoms with Crippen molar-refractivity contribution >= 4 is 5.91 Å². The standard InChI is InChI=1S/C13H24N2O/c1-6-13(4,5)15-12(16)8-11(9-14)7-10(2)3/h1,10-11H,7-9,14H2,2-5H3,(H,15,16)/t11-/m0/s1. The van der Waals surface area contributed by atoms with Crippen molar-refractivity contribution in [3.63, 3.8) is 0 Å². The van der Waals surface area contributed by atoms with Crippen LogP contribution in [-0.4, -0.2) is 18.0 Å². The molecule has 0 aliphatic carbocycles. The first-order valence-electron chi connectivity index (χ1n) is 5.79. The number of hydrogen-bond donors (Lipinski definition) is 2. The lowest BCUT2D eigenvalue weighted by Crippen LogP contribution is -2.43. The van der Waals surface area contributed by atoms with Crippen LogP contribution in [0.1, 0.15) is 40.5 Å². The van der Waals surface area contributed by atoms with E-state index in [0.717, 1.165) is 6.42 Å². The molecule has 0 heterocycles. The number of hydrogen-bond acceptors (Lipinski definition) is 2. The zero-order valence-corrected chi connectivity index (χ0v) is 10.8. The lowest BCUT2D eigenvalue weighted by Gasteiger charge is -2.22. The van der Waals surface area contributed by atoms with Crippen molar-refractivity contribution in [2.45, 2.75) is 46.1 Å². The lowest BCUT2D eigenvalue weighted by atomic mass is 9.93. The van der Waals surface area contributed by atoms with Crippen LogP contribution in [0.4, 0.5) is 0 Å². The summed E-state index contributed by atoms with van der Waals surface area (Å²) in [5, 5.41) is 2.81. The monoisotopic (exact) mass is 224 g/mol. The third-order valence-corrected chi connectivity index (χ3v) is 2.42. The summed E-state index contributed by atoms with van der Waals surface area (Å²) in [6.45, 7) is 8.43. The van der Waals surface area contributed by atoms with Gasteiger partial charge in [0.05, 0.1) is 5.54 Å². The van der Waals surface area contributed by atoms with Crippen molar-refractivity contribution in [3.05, 3.63) is 0 Å². The van der Waals surface area contributed by atoms with Gasteiger partial charge < -0.3 is 11.1 Å². The molecular formula is C13H24N2O. The molecule has 0 aliphatic heterocycles. The zero-order chi connectivity index (χ0) is 12.8. The van der Waals surface area contributed by atoms with E-state index in [1.165, 1.54) is 0 Å². The SMILES string of the molecule is C#CC(C)(C)NC(=O)C[C@@H](CN)CC(C)C. The molecule has 0 aromatic heterocycles. The maximum absolute atomic E-state index is 11.7. The molecule has 0 aromatic carbocycles. The molecule has 16 heavy (non-hydrogen) atoms. The number of terminal acetylenes is 1. The third kappa shape index (κ3) is 6.47. The molecule has 3 heteroatoms. The molecule has 92 valence electrons. The van der Waals surface area contributed by atoms with Crippen LogP contribution in [0.15, 0.2) is 0 Å². The van der Waals surface area contributed by atoms with E-state index in [9.17, 15) is 4.79 Å². The van der Waals surface area contributed by atoms with Crippen molar-refractivity contribution in [2.24, 2.45) is 17.6 Å². The van der Waals surface area contributed by atoms with Crippen molar-refractivity contribution in [2.75, 3.05) is 6.54 Å². The summed E-state index contributed by atoms with van der Waals surface area (Å²) in [5.74, 6) is 3.33. The van der Waals surface area contributed by atoms with E-state index in [2.05, 4.69) is 25.1 Å². The Labute approximate surface area is 99.2 Å². The highest BCUT2D eigenvalue weighted by atomic mass is 16.1. The van der Waals surface area contributed by atoms with E-state index in [0.29, 0.717) is 18.9 Å². The maximum Gasteiger partial charge on any atom is 0.221 e. The van der Waals surface area contributed by atoms with Gasteiger partial charge in [-0.3, -0.25) is 4.79 Å². The van der Waals surface area contributed by atoms with Gasteiger partial charge in [-0.15, -0.1) is 6.42 Å². The first kappa shape index (κ1) is 15.0. The average Bonchev–Trinajstić information content (AvgIpc) is 2.15. The minimum atomic E-state index is -0.575. The topological polar surface area (TPSA) is 55.1 Å². The molecule has 0 saturated carbocycles. The third-order valence-electron chi connectivity index (χ3n) is 2.42. The molecule has 1 amide bonds. The van der Waals surface area contributed by atoms with Crippen LogP contribution in [0, 0.1) is 24.2 Å². The van der Waals surface area contributed by atoms with Crippen LogP contribution in [0.5, 0.6) is 0 Å². The quantitative estimate of drug-likeness (QED) is 0.672. The van der Waals surface area contributed by atoms with Crippen molar-refractivity contribution in [1.82, 2.24) is 5.32 Å². The summed E-state index contributed by atoms with van der Waals surface area (Å²) in [7, 11) is 0. The van der Waals surface area contributed by atoms with Crippen LogP contribution in [0.3, 0.4) is 0 Å². The summed E-state index contributed by atoms with van der Waals surface area (Å²) in [5.41, 5.74) is 5.07. The first-order chi connectivity index (χ1) is 7.30. The Balaban J connectivity index is 4.17. The van der Waals surface area contributed by atoms with Crippen molar-refractivity contribution in [3.8, 4) is 12.3 Å². The van der Waals surface area contributed by atoms with E-state index in [1.54, 1.807) is 0 Å². The Morgan fingerprint density at radius 2 is 2.06 bits per heavy atom. The van der Waals surface area contributed by atoms with E-state index >= 15 is 0 Å². The Morgan fingerprint density at radius 3 is 2.44 bits per heavy atom. The maximum atomic E-state index is 11.7. The number of rotatable bonds is 6. The summed E-state index contributed by atoms with van der Waals surface area (Å²) < 4.78 is 0. The lowest BCUT2D eigenvalue weighted by molar-refractivity contribution is -0.123. The van der Waals surface area contributed by atoms with Crippen molar-refractivity contribution < 1.29 is 4.79 Å². The van der Waals surface area contributed by atoms with E-state index in [4.69, 9.17) is 12.2 Å². The molecule has 3 nitrogen and oxygen atoms in total. The molecule has 0 saturated heterocycles. The normalized spacial score (nSPS) is 13.3.